The summed E-state index contributed by atoms with van der Waals surface area (Å²) in [5, 5.41) is 0. The van der Waals surface area contributed by atoms with Crippen LogP contribution in [0.15, 0.2) is 12.4 Å². The van der Waals surface area contributed by atoms with E-state index in [-0.39, 0.29) is 5.54 Å². The summed E-state index contributed by atoms with van der Waals surface area (Å²) in [4.78, 5) is 4.17. The van der Waals surface area contributed by atoms with Crippen molar-refractivity contribution in [2.24, 2.45) is 5.73 Å². The van der Waals surface area contributed by atoms with Crippen LogP contribution >= 0.6 is 0 Å². The van der Waals surface area contributed by atoms with E-state index in [4.69, 9.17) is 10.5 Å². The zero-order chi connectivity index (χ0) is 11.4. The van der Waals surface area contributed by atoms with Gasteiger partial charge in [0, 0.05) is 24.5 Å². The van der Waals surface area contributed by atoms with E-state index in [1.807, 2.05) is 19.3 Å². The molecule has 0 unspecified atom stereocenters. The van der Waals surface area contributed by atoms with Crippen LogP contribution in [0.25, 0.3) is 0 Å². The Morgan fingerprint density at radius 3 is 2.88 bits per heavy atom. The van der Waals surface area contributed by atoms with Crippen LogP contribution in [0.4, 0.5) is 0 Å². The first-order chi connectivity index (χ1) is 7.70. The summed E-state index contributed by atoms with van der Waals surface area (Å²) in [6, 6.07) is 0. The molecule has 4 nitrogen and oxygen atoms in total. The quantitative estimate of drug-likeness (QED) is 0.769. The van der Waals surface area contributed by atoms with Gasteiger partial charge in [-0.1, -0.05) is 12.8 Å². The molecular weight excluding hydrogens is 202 g/mol. The average Bonchev–Trinajstić information content (AvgIpc) is 2.84. The van der Waals surface area contributed by atoms with Crippen molar-refractivity contribution < 1.29 is 4.74 Å². The van der Waals surface area contributed by atoms with Crippen molar-refractivity contribution in [1.82, 2.24) is 9.55 Å². The molecule has 1 aromatic rings. The average molecular weight is 223 g/mol. The number of rotatable bonds is 5. The Morgan fingerprint density at radius 1 is 1.50 bits per heavy atom. The number of aromatic nitrogens is 2. The maximum absolute atomic E-state index is 6.20. The maximum atomic E-state index is 6.20. The molecule has 2 rings (SSSR count). The van der Waals surface area contributed by atoms with E-state index in [0.717, 1.165) is 31.8 Å². The maximum Gasteiger partial charge on any atom is 0.105 e. The highest BCUT2D eigenvalue weighted by molar-refractivity contribution is 4.90. The second-order valence-electron chi connectivity index (χ2n) is 4.79. The van der Waals surface area contributed by atoms with Gasteiger partial charge in [-0.25, -0.2) is 4.98 Å². The third-order valence-electron chi connectivity index (χ3n) is 3.39. The van der Waals surface area contributed by atoms with Crippen molar-refractivity contribution in [2.75, 3.05) is 13.2 Å². The molecule has 90 valence electrons. The van der Waals surface area contributed by atoms with Crippen LogP contribution in [0, 0.1) is 6.92 Å². The van der Waals surface area contributed by atoms with Crippen LogP contribution in [-0.2, 0) is 11.3 Å². The first-order valence-corrected chi connectivity index (χ1v) is 6.04. The Hall–Kier alpha value is -0.870. The third-order valence-corrected chi connectivity index (χ3v) is 3.39. The number of imidazole rings is 1. The van der Waals surface area contributed by atoms with Crippen molar-refractivity contribution in [3.8, 4) is 0 Å². The monoisotopic (exact) mass is 223 g/mol. The van der Waals surface area contributed by atoms with Crippen molar-refractivity contribution in [3.63, 3.8) is 0 Å². The van der Waals surface area contributed by atoms with Gasteiger partial charge in [0.05, 0.1) is 13.2 Å². The lowest BCUT2D eigenvalue weighted by atomic mass is 10.0. The lowest BCUT2D eigenvalue weighted by Crippen LogP contribution is -2.41. The largest absolute Gasteiger partial charge is 0.378 e. The number of hydrogen-bond acceptors (Lipinski definition) is 3. The lowest BCUT2D eigenvalue weighted by molar-refractivity contribution is 0.0808. The first kappa shape index (κ1) is 11.6. The number of nitrogens with zero attached hydrogens (tertiary/aromatic N) is 2. The minimum Gasteiger partial charge on any atom is -0.378 e. The Morgan fingerprint density at radius 2 is 2.25 bits per heavy atom. The molecule has 0 aliphatic heterocycles. The zero-order valence-electron chi connectivity index (χ0n) is 9.98. The van der Waals surface area contributed by atoms with E-state index < -0.39 is 0 Å². The van der Waals surface area contributed by atoms with E-state index in [1.165, 1.54) is 12.8 Å². The topological polar surface area (TPSA) is 53.1 Å². The van der Waals surface area contributed by atoms with E-state index in [0.29, 0.717) is 6.61 Å². The summed E-state index contributed by atoms with van der Waals surface area (Å²) in [6.07, 6.45) is 8.51. The Kier molecular flexibility index (Phi) is 3.61. The third kappa shape index (κ3) is 2.83. The molecular formula is C12H21N3O. The van der Waals surface area contributed by atoms with Gasteiger partial charge in [-0.15, -0.1) is 0 Å². The molecule has 0 atom stereocenters. The number of hydrogen-bond donors (Lipinski definition) is 1. The highest BCUT2D eigenvalue weighted by atomic mass is 16.5. The van der Waals surface area contributed by atoms with Gasteiger partial charge in [0.2, 0.25) is 0 Å². The molecule has 1 heterocycles. The molecule has 2 N–H and O–H groups in total. The van der Waals surface area contributed by atoms with Gasteiger partial charge in [-0.05, 0) is 19.8 Å². The molecule has 1 aromatic heterocycles. The number of aryl methyl sites for hydroxylation is 1. The molecule has 0 spiro atoms. The summed E-state index contributed by atoms with van der Waals surface area (Å²) in [5.74, 6) is 1.03. The highest BCUT2D eigenvalue weighted by Gasteiger charge is 2.29. The highest BCUT2D eigenvalue weighted by Crippen LogP contribution is 2.27. The molecule has 1 aliphatic rings. The van der Waals surface area contributed by atoms with Crippen LogP contribution in [-0.4, -0.2) is 28.3 Å². The number of ether oxygens (including phenoxy) is 1. The van der Waals surface area contributed by atoms with E-state index in [1.54, 1.807) is 0 Å². The molecule has 0 aromatic carbocycles. The summed E-state index contributed by atoms with van der Waals surface area (Å²) in [6.45, 7) is 4.28. The summed E-state index contributed by atoms with van der Waals surface area (Å²) >= 11 is 0. The predicted molar refractivity (Wildman–Crippen MR) is 63.2 cm³/mol. The minimum absolute atomic E-state index is 0.0516. The van der Waals surface area contributed by atoms with Crippen LogP contribution in [0.1, 0.15) is 31.5 Å². The summed E-state index contributed by atoms with van der Waals surface area (Å²) in [7, 11) is 0. The van der Waals surface area contributed by atoms with Gasteiger partial charge in [0.1, 0.15) is 5.82 Å². The lowest BCUT2D eigenvalue weighted by Gasteiger charge is -2.23. The van der Waals surface area contributed by atoms with Crippen molar-refractivity contribution in [3.05, 3.63) is 18.2 Å². The Balaban J connectivity index is 1.67. The van der Waals surface area contributed by atoms with E-state index >= 15 is 0 Å². The van der Waals surface area contributed by atoms with Crippen molar-refractivity contribution >= 4 is 0 Å². The minimum atomic E-state index is -0.0516. The summed E-state index contributed by atoms with van der Waals surface area (Å²) in [5.41, 5.74) is 6.15. The van der Waals surface area contributed by atoms with Gasteiger partial charge in [-0.3, -0.25) is 0 Å². The van der Waals surface area contributed by atoms with Gasteiger partial charge in [0.15, 0.2) is 0 Å². The summed E-state index contributed by atoms with van der Waals surface area (Å²) < 4.78 is 7.77. The predicted octanol–water partition coefficient (Wildman–Crippen LogP) is 1.48. The molecule has 1 saturated carbocycles. The standard InChI is InChI=1S/C12H21N3O/c1-11-14-6-7-15(11)8-9-16-10-12(13)4-2-3-5-12/h6-7H,2-5,8-10,13H2,1H3. The normalized spacial score (nSPS) is 19.1. The second kappa shape index (κ2) is 4.97. The molecule has 1 aliphatic carbocycles. The van der Waals surface area contributed by atoms with Crippen LogP contribution in [0.5, 0.6) is 0 Å². The Bertz CT molecular complexity index is 329. The van der Waals surface area contributed by atoms with Crippen molar-refractivity contribution in [1.29, 1.82) is 0 Å². The van der Waals surface area contributed by atoms with E-state index in [2.05, 4.69) is 9.55 Å². The fourth-order valence-electron chi connectivity index (χ4n) is 2.30. The van der Waals surface area contributed by atoms with Gasteiger partial charge < -0.3 is 15.0 Å². The van der Waals surface area contributed by atoms with Crippen molar-refractivity contribution in [2.45, 2.75) is 44.7 Å². The molecule has 1 fully saturated rings. The molecule has 0 amide bonds. The van der Waals surface area contributed by atoms with Crippen LogP contribution < -0.4 is 5.73 Å². The fourth-order valence-corrected chi connectivity index (χ4v) is 2.30. The SMILES string of the molecule is Cc1nccn1CCOCC1(N)CCCC1. The fraction of sp³-hybridized carbons (Fsp3) is 0.750. The van der Waals surface area contributed by atoms with E-state index in [9.17, 15) is 0 Å². The van der Waals surface area contributed by atoms with Gasteiger partial charge in [-0.2, -0.15) is 0 Å². The van der Waals surface area contributed by atoms with Gasteiger partial charge in [0.25, 0.3) is 0 Å². The molecule has 0 saturated heterocycles. The van der Waals surface area contributed by atoms with Crippen LogP contribution in [0.3, 0.4) is 0 Å². The molecule has 4 heteroatoms. The molecule has 16 heavy (non-hydrogen) atoms. The smallest absolute Gasteiger partial charge is 0.105 e. The number of nitrogens with two attached hydrogens (primary N) is 1. The van der Waals surface area contributed by atoms with Gasteiger partial charge >= 0.3 is 0 Å². The zero-order valence-corrected chi connectivity index (χ0v) is 9.98. The van der Waals surface area contributed by atoms with Crippen LogP contribution in [0.2, 0.25) is 0 Å². The second-order valence-corrected chi connectivity index (χ2v) is 4.79. The molecule has 0 radical (unpaired) electrons. The first-order valence-electron chi connectivity index (χ1n) is 6.04. The Labute approximate surface area is 96.8 Å². The molecule has 0 bridgehead atoms.